The van der Waals surface area contributed by atoms with Crippen LogP contribution in [0.25, 0.3) is 0 Å². The van der Waals surface area contributed by atoms with Gasteiger partial charge in [0.05, 0.1) is 6.54 Å². The molecule has 1 aliphatic rings. The fraction of sp³-hybridized carbons (Fsp3) is 0.429. The summed E-state index contributed by atoms with van der Waals surface area (Å²) in [4.78, 5) is 0. The van der Waals surface area contributed by atoms with Crippen molar-refractivity contribution in [2.45, 2.75) is 24.9 Å². The summed E-state index contributed by atoms with van der Waals surface area (Å²) >= 11 is 0. The van der Waals surface area contributed by atoms with E-state index in [-0.39, 0.29) is 5.92 Å². The zero-order chi connectivity index (χ0) is 11.4. The summed E-state index contributed by atoms with van der Waals surface area (Å²) in [5.41, 5.74) is 2.43. The lowest BCUT2D eigenvalue weighted by molar-refractivity contribution is 0.275. The van der Waals surface area contributed by atoms with Crippen molar-refractivity contribution in [2.24, 2.45) is 0 Å². The third-order valence-corrected chi connectivity index (χ3v) is 3.09. The first-order chi connectivity index (χ1) is 7.81. The standard InChI is InChI=1S/C14H16FN/c1-2-7-16-10-12-9-13(15)8-11-5-3-4-6-14(11)12/h1,3-6,12-13,16H,7-10H2. The van der Waals surface area contributed by atoms with Crippen molar-refractivity contribution in [1.82, 2.24) is 5.32 Å². The lowest BCUT2D eigenvalue weighted by atomic mass is 9.82. The molecule has 1 aromatic carbocycles. The van der Waals surface area contributed by atoms with E-state index in [1.165, 1.54) is 5.56 Å². The minimum Gasteiger partial charge on any atom is -0.306 e. The molecule has 84 valence electrons. The molecule has 0 aromatic heterocycles. The number of rotatable bonds is 3. The monoisotopic (exact) mass is 217 g/mol. The molecule has 0 fully saturated rings. The molecule has 0 aliphatic heterocycles. The number of halogens is 1. The molecule has 2 rings (SSSR count). The van der Waals surface area contributed by atoms with Crippen LogP contribution in [0.3, 0.4) is 0 Å². The fourth-order valence-corrected chi connectivity index (χ4v) is 2.39. The molecule has 0 spiro atoms. The Morgan fingerprint density at radius 3 is 3.06 bits per heavy atom. The van der Waals surface area contributed by atoms with Crippen LogP contribution in [0.2, 0.25) is 0 Å². The van der Waals surface area contributed by atoms with Gasteiger partial charge in [0, 0.05) is 13.0 Å². The van der Waals surface area contributed by atoms with Gasteiger partial charge < -0.3 is 5.32 Å². The van der Waals surface area contributed by atoms with Gasteiger partial charge in [0.15, 0.2) is 0 Å². The third-order valence-electron chi connectivity index (χ3n) is 3.09. The Morgan fingerprint density at radius 2 is 2.25 bits per heavy atom. The van der Waals surface area contributed by atoms with Crippen molar-refractivity contribution in [3.63, 3.8) is 0 Å². The van der Waals surface area contributed by atoms with E-state index in [1.54, 1.807) is 0 Å². The lowest BCUT2D eigenvalue weighted by Crippen LogP contribution is -2.28. The summed E-state index contributed by atoms with van der Waals surface area (Å²) in [6, 6.07) is 8.12. The first-order valence-electron chi connectivity index (χ1n) is 5.67. The summed E-state index contributed by atoms with van der Waals surface area (Å²) in [7, 11) is 0. The minimum absolute atomic E-state index is 0.258. The second kappa shape index (κ2) is 5.14. The van der Waals surface area contributed by atoms with E-state index in [0.29, 0.717) is 19.4 Å². The van der Waals surface area contributed by atoms with E-state index in [2.05, 4.69) is 17.3 Å². The number of alkyl halides is 1. The highest BCUT2D eigenvalue weighted by atomic mass is 19.1. The Hall–Kier alpha value is -1.33. The Morgan fingerprint density at radius 1 is 1.44 bits per heavy atom. The van der Waals surface area contributed by atoms with Gasteiger partial charge in [0.2, 0.25) is 0 Å². The van der Waals surface area contributed by atoms with E-state index in [1.807, 2.05) is 18.2 Å². The van der Waals surface area contributed by atoms with Crippen molar-refractivity contribution in [3.8, 4) is 12.3 Å². The van der Waals surface area contributed by atoms with Crippen LogP contribution in [-0.2, 0) is 6.42 Å². The normalized spacial score (nSPS) is 23.5. The molecule has 0 amide bonds. The zero-order valence-electron chi connectivity index (χ0n) is 9.25. The average Bonchev–Trinajstić information content (AvgIpc) is 2.29. The molecule has 0 heterocycles. The maximum Gasteiger partial charge on any atom is 0.105 e. The highest BCUT2D eigenvalue weighted by Crippen LogP contribution is 2.32. The van der Waals surface area contributed by atoms with E-state index in [9.17, 15) is 4.39 Å². The van der Waals surface area contributed by atoms with Crippen LogP contribution in [0, 0.1) is 12.3 Å². The summed E-state index contributed by atoms with van der Waals surface area (Å²) in [6.07, 6.45) is 5.63. The SMILES string of the molecule is C#CCNCC1CC(F)Cc2ccccc21. The molecular weight excluding hydrogens is 201 g/mol. The molecule has 2 unspecified atom stereocenters. The number of nitrogens with one attached hydrogen (secondary N) is 1. The Bertz CT molecular complexity index is 394. The number of hydrogen-bond acceptors (Lipinski definition) is 1. The zero-order valence-corrected chi connectivity index (χ0v) is 9.25. The van der Waals surface area contributed by atoms with Gasteiger partial charge >= 0.3 is 0 Å². The first-order valence-corrected chi connectivity index (χ1v) is 5.67. The molecule has 2 atom stereocenters. The summed E-state index contributed by atoms with van der Waals surface area (Å²) < 4.78 is 13.6. The maximum atomic E-state index is 13.6. The first kappa shape index (κ1) is 11.2. The maximum absolute atomic E-state index is 13.6. The summed E-state index contributed by atoms with van der Waals surface area (Å²) in [6.45, 7) is 1.32. The predicted molar refractivity (Wildman–Crippen MR) is 64.1 cm³/mol. The molecule has 1 N–H and O–H groups in total. The second-order valence-corrected chi connectivity index (χ2v) is 4.27. The van der Waals surface area contributed by atoms with Gasteiger partial charge in [-0.3, -0.25) is 0 Å². The van der Waals surface area contributed by atoms with Gasteiger partial charge in [-0.05, 0) is 23.5 Å². The number of benzene rings is 1. The van der Waals surface area contributed by atoms with Gasteiger partial charge in [-0.2, -0.15) is 0 Å². The van der Waals surface area contributed by atoms with Crippen LogP contribution in [0.4, 0.5) is 4.39 Å². The van der Waals surface area contributed by atoms with E-state index >= 15 is 0 Å². The van der Waals surface area contributed by atoms with Crippen LogP contribution in [0.1, 0.15) is 23.5 Å². The van der Waals surface area contributed by atoms with Crippen molar-refractivity contribution in [1.29, 1.82) is 0 Å². The summed E-state index contributed by atoms with van der Waals surface area (Å²) in [5, 5.41) is 3.16. The largest absolute Gasteiger partial charge is 0.306 e. The third kappa shape index (κ3) is 2.43. The van der Waals surface area contributed by atoms with E-state index < -0.39 is 6.17 Å². The average molecular weight is 217 g/mol. The summed E-state index contributed by atoms with van der Waals surface area (Å²) in [5.74, 6) is 2.80. The number of fused-ring (bicyclic) bond motifs is 1. The topological polar surface area (TPSA) is 12.0 Å². The Kier molecular flexibility index (Phi) is 3.58. The number of hydrogen-bond donors (Lipinski definition) is 1. The van der Waals surface area contributed by atoms with E-state index in [4.69, 9.17) is 6.42 Å². The van der Waals surface area contributed by atoms with Gasteiger partial charge in [-0.1, -0.05) is 30.2 Å². The minimum atomic E-state index is -0.715. The number of terminal acetylenes is 1. The molecule has 1 aliphatic carbocycles. The van der Waals surface area contributed by atoms with Crippen molar-refractivity contribution in [3.05, 3.63) is 35.4 Å². The molecule has 0 radical (unpaired) electrons. The molecule has 1 aromatic rings. The lowest BCUT2D eigenvalue weighted by Gasteiger charge is -2.27. The highest BCUT2D eigenvalue weighted by Gasteiger charge is 2.25. The van der Waals surface area contributed by atoms with Gasteiger partial charge in [-0.15, -0.1) is 6.42 Å². The quantitative estimate of drug-likeness (QED) is 0.605. The molecule has 0 bridgehead atoms. The van der Waals surface area contributed by atoms with Crippen LogP contribution in [0.15, 0.2) is 24.3 Å². The molecule has 0 saturated heterocycles. The predicted octanol–water partition coefficient (Wildman–Crippen LogP) is 2.28. The second-order valence-electron chi connectivity index (χ2n) is 4.27. The molecule has 2 heteroatoms. The van der Waals surface area contributed by atoms with Crippen LogP contribution >= 0.6 is 0 Å². The molecule has 0 saturated carbocycles. The van der Waals surface area contributed by atoms with Gasteiger partial charge in [0.25, 0.3) is 0 Å². The van der Waals surface area contributed by atoms with Crippen LogP contribution in [0.5, 0.6) is 0 Å². The molecule has 16 heavy (non-hydrogen) atoms. The Balaban J connectivity index is 2.11. The Labute approximate surface area is 96.1 Å². The van der Waals surface area contributed by atoms with Crippen molar-refractivity contribution in [2.75, 3.05) is 13.1 Å². The van der Waals surface area contributed by atoms with E-state index in [0.717, 1.165) is 12.1 Å². The van der Waals surface area contributed by atoms with Crippen molar-refractivity contribution < 1.29 is 4.39 Å². The van der Waals surface area contributed by atoms with Gasteiger partial charge in [0.1, 0.15) is 6.17 Å². The smallest absolute Gasteiger partial charge is 0.105 e. The molecular formula is C14H16FN. The van der Waals surface area contributed by atoms with Crippen LogP contribution in [-0.4, -0.2) is 19.3 Å². The van der Waals surface area contributed by atoms with Crippen LogP contribution < -0.4 is 5.32 Å². The van der Waals surface area contributed by atoms with Gasteiger partial charge in [-0.25, -0.2) is 4.39 Å². The molecule has 1 nitrogen and oxygen atoms in total. The highest BCUT2D eigenvalue weighted by molar-refractivity contribution is 5.33. The van der Waals surface area contributed by atoms with Crippen molar-refractivity contribution >= 4 is 0 Å². The fourth-order valence-electron chi connectivity index (χ4n) is 2.39.